The molecule has 0 spiro atoms. The Labute approximate surface area is 159 Å². The number of aliphatic imine (C=N–C) groups is 1. The fraction of sp³-hybridized carbons (Fsp3) is 0.650. The highest BCUT2D eigenvalue weighted by Crippen LogP contribution is 2.43. The predicted octanol–water partition coefficient (Wildman–Crippen LogP) is 2.96. The van der Waals surface area contributed by atoms with E-state index in [1.807, 2.05) is 6.92 Å². The third-order valence-electron chi connectivity index (χ3n) is 4.87. The van der Waals surface area contributed by atoms with Crippen LogP contribution in [0.2, 0.25) is 0 Å². The Morgan fingerprint density at radius 2 is 2.15 bits per heavy atom. The maximum Gasteiger partial charge on any atom is 0.191 e. The van der Waals surface area contributed by atoms with Gasteiger partial charge in [-0.05, 0) is 44.7 Å². The van der Waals surface area contributed by atoms with Crippen LogP contribution < -0.4 is 10.6 Å². The zero-order chi connectivity index (χ0) is 19.1. The Hall–Kier alpha value is -1.73. The minimum absolute atomic E-state index is 0.00460. The van der Waals surface area contributed by atoms with Gasteiger partial charge in [0.15, 0.2) is 5.96 Å². The molecule has 1 aromatic carbocycles. The molecule has 0 radical (unpaired) electrons. The SMILES string of the molecule is CCNC(=NCCCOCC1CCCO1)NC1CC1c1c(F)cccc1F. The number of nitrogens with one attached hydrogen (secondary N) is 2. The van der Waals surface area contributed by atoms with Crippen LogP contribution in [0.25, 0.3) is 0 Å². The van der Waals surface area contributed by atoms with Crippen LogP contribution in [0.3, 0.4) is 0 Å². The van der Waals surface area contributed by atoms with Crippen molar-refractivity contribution >= 4 is 5.96 Å². The summed E-state index contributed by atoms with van der Waals surface area (Å²) >= 11 is 0. The molecule has 1 aromatic rings. The molecule has 0 amide bonds. The van der Waals surface area contributed by atoms with Gasteiger partial charge in [0.1, 0.15) is 11.6 Å². The Morgan fingerprint density at radius 3 is 2.85 bits per heavy atom. The van der Waals surface area contributed by atoms with Gasteiger partial charge in [0.05, 0.1) is 12.7 Å². The standard InChI is InChI=1S/C20H29F2N3O2/c1-2-23-20(24-9-5-10-26-13-14-6-4-11-27-14)25-18-12-15(18)19-16(21)7-3-8-17(19)22/h3,7-8,14-15,18H,2,4-6,9-13H2,1H3,(H2,23,24,25). The minimum Gasteiger partial charge on any atom is -0.379 e. The topological polar surface area (TPSA) is 54.9 Å². The van der Waals surface area contributed by atoms with Crippen molar-refractivity contribution in [3.05, 3.63) is 35.4 Å². The van der Waals surface area contributed by atoms with E-state index in [9.17, 15) is 8.78 Å². The van der Waals surface area contributed by atoms with Crippen LogP contribution in [0.5, 0.6) is 0 Å². The monoisotopic (exact) mass is 381 g/mol. The smallest absolute Gasteiger partial charge is 0.191 e. The van der Waals surface area contributed by atoms with E-state index in [1.54, 1.807) is 0 Å². The van der Waals surface area contributed by atoms with E-state index in [0.717, 1.165) is 32.4 Å². The van der Waals surface area contributed by atoms with Crippen LogP contribution in [-0.4, -0.2) is 51.0 Å². The number of hydrogen-bond acceptors (Lipinski definition) is 3. The molecule has 0 aromatic heterocycles. The van der Waals surface area contributed by atoms with Gasteiger partial charge >= 0.3 is 0 Å². The second-order valence-corrected chi connectivity index (χ2v) is 7.05. The van der Waals surface area contributed by atoms with Crippen molar-refractivity contribution in [2.24, 2.45) is 4.99 Å². The number of rotatable bonds is 9. The first kappa shape index (κ1) is 20.0. The van der Waals surface area contributed by atoms with Crippen molar-refractivity contribution in [1.29, 1.82) is 0 Å². The normalized spacial score (nSPS) is 24.9. The molecule has 7 heteroatoms. The van der Waals surface area contributed by atoms with Crippen LogP contribution in [0, 0.1) is 11.6 Å². The molecular weight excluding hydrogens is 352 g/mol. The molecule has 3 atom stereocenters. The van der Waals surface area contributed by atoms with Crippen LogP contribution >= 0.6 is 0 Å². The molecule has 3 unspecified atom stereocenters. The lowest BCUT2D eigenvalue weighted by Gasteiger charge is -2.12. The van der Waals surface area contributed by atoms with Crippen LogP contribution in [0.1, 0.15) is 44.1 Å². The van der Waals surface area contributed by atoms with Crippen molar-refractivity contribution in [3.63, 3.8) is 0 Å². The van der Waals surface area contributed by atoms with Gasteiger partial charge in [-0.25, -0.2) is 8.78 Å². The molecular formula is C20H29F2N3O2. The molecule has 1 heterocycles. The van der Waals surface area contributed by atoms with E-state index in [-0.39, 0.29) is 23.6 Å². The molecule has 3 rings (SSSR count). The first-order valence-corrected chi connectivity index (χ1v) is 9.87. The van der Waals surface area contributed by atoms with Crippen LogP contribution in [-0.2, 0) is 9.47 Å². The summed E-state index contributed by atoms with van der Waals surface area (Å²) in [5, 5.41) is 6.46. The molecule has 1 saturated carbocycles. The summed E-state index contributed by atoms with van der Waals surface area (Å²) in [6.07, 6.45) is 3.97. The summed E-state index contributed by atoms with van der Waals surface area (Å²) in [4.78, 5) is 4.53. The maximum absolute atomic E-state index is 13.9. The first-order valence-electron chi connectivity index (χ1n) is 9.87. The number of guanidine groups is 1. The Balaban J connectivity index is 1.40. The van der Waals surface area contributed by atoms with Crippen molar-refractivity contribution in [2.45, 2.75) is 50.7 Å². The van der Waals surface area contributed by atoms with Crippen molar-refractivity contribution < 1.29 is 18.3 Å². The molecule has 1 saturated heterocycles. The number of benzene rings is 1. The molecule has 5 nitrogen and oxygen atoms in total. The van der Waals surface area contributed by atoms with E-state index >= 15 is 0 Å². The predicted molar refractivity (Wildman–Crippen MR) is 101 cm³/mol. The Bertz CT molecular complexity index is 615. The van der Waals surface area contributed by atoms with Crippen molar-refractivity contribution in [2.75, 3.05) is 32.9 Å². The highest BCUT2D eigenvalue weighted by molar-refractivity contribution is 5.80. The lowest BCUT2D eigenvalue weighted by Crippen LogP contribution is -2.39. The van der Waals surface area contributed by atoms with E-state index in [1.165, 1.54) is 18.2 Å². The fourth-order valence-corrected chi connectivity index (χ4v) is 3.38. The second kappa shape index (κ2) is 9.99. The summed E-state index contributed by atoms with van der Waals surface area (Å²) in [6, 6.07) is 4.02. The average molecular weight is 381 g/mol. The summed E-state index contributed by atoms with van der Waals surface area (Å²) in [6.45, 7) is 5.49. The molecule has 2 fully saturated rings. The maximum atomic E-state index is 13.9. The third kappa shape index (κ3) is 5.87. The van der Waals surface area contributed by atoms with Gasteiger partial charge in [-0.1, -0.05) is 6.07 Å². The summed E-state index contributed by atoms with van der Waals surface area (Å²) < 4.78 is 38.9. The zero-order valence-corrected chi connectivity index (χ0v) is 15.8. The third-order valence-corrected chi connectivity index (χ3v) is 4.87. The molecule has 0 bridgehead atoms. The number of hydrogen-bond donors (Lipinski definition) is 2. The van der Waals surface area contributed by atoms with Crippen LogP contribution in [0.15, 0.2) is 23.2 Å². The molecule has 1 aliphatic carbocycles. The van der Waals surface area contributed by atoms with Crippen molar-refractivity contribution in [3.8, 4) is 0 Å². The van der Waals surface area contributed by atoms with Gasteiger partial charge in [0.2, 0.25) is 0 Å². The lowest BCUT2D eigenvalue weighted by atomic mass is 10.1. The molecule has 150 valence electrons. The van der Waals surface area contributed by atoms with E-state index < -0.39 is 11.6 Å². The van der Waals surface area contributed by atoms with E-state index in [2.05, 4.69) is 15.6 Å². The second-order valence-electron chi connectivity index (χ2n) is 7.05. The highest BCUT2D eigenvalue weighted by atomic mass is 19.1. The van der Waals surface area contributed by atoms with Gasteiger partial charge < -0.3 is 20.1 Å². The van der Waals surface area contributed by atoms with Crippen molar-refractivity contribution in [1.82, 2.24) is 10.6 Å². The summed E-state index contributed by atoms with van der Waals surface area (Å²) in [5.74, 6) is -0.421. The van der Waals surface area contributed by atoms with E-state index in [0.29, 0.717) is 32.1 Å². The molecule has 2 N–H and O–H groups in total. The lowest BCUT2D eigenvalue weighted by molar-refractivity contribution is 0.0171. The fourth-order valence-electron chi connectivity index (χ4n) is 3.38. The zero-order valence-electron chi connectivity index (χ0n) is 15.8. The van der Waals surface area contributed by atoms with Crippen LogP contribution in [0.4, 0.5) is 8.78 Å². The Kier molecular flexibility index (Phi) is 7.41. The first-order chi connectivity index (χ1) is 13.2. The quantitative estimate of drug-likeness (QED) is 0.392. The molecule has 2 aliphatic rings. The van der Waals surface area contributed by atoms with Gasteiger partial charge in [-0.2, -0.15) is 0 Å². The largest absolute Gasteiger partial charge is 0.379 e. The highest BCUT2D eigenvalue weighted by Gasteiger charge is 2.42. The number of ether oxygens (including phenoxy) is 2. The number of nitrogens with zero attached hydrogens (tertiary/aromatic N) is 1. The summed E-state index contributed by atoms with van der Waals surface area (Å²) in [7, 11) is 0. The average Bonchev–Trinajstić information content (AvgIpc) is 3.17. The number of halogens is 2. The molecule has 27 heavy (non-hydrogen) atoms. The Morgan fingerprint density at radius 1 is 1.33 bits per heavy atom. The summed E-state index contributed by atoms with van der Waals surface area (Å²) in [5.41, 5.74) is 0.174. The van der Waals surface area contributed by atoms with Gasteiger partial charge in [-0.3, -0.25) is 4.99 Å². The molecule has 1 aliphatic heterocycles. The van der Waals surface area contributed by atoms with Gasteiger partial charge in [0.25, 0.3) is 0 Å². The van der Waals surface area contributed by atoms with Gasteiger partial charge in [-0.15, -0.1) is 0 Å². The van der Waals surface area contributed by atoms with E-state index in [4.69, 9.17) is 9.47 Å². The minimum atomic E-state index is -0.477. The van der Waals surface area contributed by atoms with Gasteiger partial charge in [0, 0.05) is 43.8 Å².